The van der Waals surface area contributed by atoms with Gasteiger partial charge in [0, 0.05) is 6.42 Å². The molecule has 0 aliphatic heterocycles. The summed E-state index contributed by atoms with van der Waals surface area (Å²) in [4.78, 5) is 21.5. The van der Waals surface area contributed by atoms with E-state index in [2.05, 4.69) is 5.32 Å². The van der Waals surface area contributed by atoms with Gasteiger partial charge in [0.1, 0.15) is 6.29 Å². The van der Waals surface area contributed by atoms with Gasteiger partial charge in [-0.1, -0.05) is 27.2 Å². The molecule has 2 atom stereocenters. The molecule has 0 aromatic rings. The van der Waals surface area contributed by atoms with Crippen LogP contribution < -0.4 is 5.32 Å². The summed E-state index contributed by atoms with van der Waals surface area (Å²) in [6, 6.07) is -0.317. The van der Waals surface area contributed by atoms with E-state index in [9.17, 15) is 9.59 Å². The van der Waals surface area contributed by atoms with E-state index in [4.69, 9.17) is 0 Å². The van der Waals surface area contributed by atoms with Gasteiger partial charge in [-0.25, -0.2) is 0 Å². The Labute approximate surface area is 73.5 Å². The summed E-state index contributed by atoms with van der Waals surface area (Å²) < 4.78 is 0. The molecule has 0 aliphatic rings. The normalized spacial score (nSPS) is 14.9. The van der Waals surface area contributed by atoms with Crippen LogP contribution in [-0.2, 0) is 9.59 Å². The molecule has 1 amide bonds. The van der Waals surface area contributed by atoms with E-state index in [-0.39, 0.29) is 17.9 Å². The van der Waals surface area contributed by atoms with Crippen molar-refractivity contribution < 1.29 is 9.59 Å². The Hall–Kier alpha value is -0.860. The average molecular weight is 171 g/mol. The fraction of sp³-hybridized carbons (Fsp3) is 0.778. The molecule has 0 saturated carbocycles. The van der Waals surface area contributed by atoms with Crippen molar-refractivity contribution in [2.45, 2.75) is 39.7 Å². The third kappa shape index (κ3) is 3.51. The van der Waals surface area contributed by atoms with Gasteiger partial charge in [0.05, 0.1) is 6.04 Å². The predicted octanol–water partition coefficient (Wildman–Crippen LogP) is 1.13. The highest BCUT2D eigenvalue weighted by Gasteiger charge is 2.15. The molecule has 0 radical (unpaired) electrons. The lowest BCUT2D eigenvalue weighted by Crippen LogP contribution is -2.40. The van der Waals surface area contributed by atoms with Gasteiger partial charge in [0.2, 0.25) is 5.91 Å². The monoisotopic (exact) mass is 171 g/mol. The fourth-order valence-electron chi connectivity index (χ4n) is 0.852. The summed E-state index contributed by atoms with van der Waals surface area (Å²) in [7, 11) is 0. The zero-order valence-electron chi connectivity index (χ0n) is 7.96. The quantitative estimate of drug-likeness (QED) is 0.630. The number of hydrogen-bond donors (Lipinski definition) is 1. The second-order valence-corrected chi connectivity index (χ2v) is 2.97. The van der Waals surface area contributed by atoms with Gasteiger partial charge in [-0.05, 0) is 5.92 Å². The van der Waals surface area contributed by atoms with Gasteiger partial charge in [0.25, 0.3) is 0 Å². The van der Waals surface area contributed by atoms with Crippen LogP contribution in [0.4, 0.5) is 0 Å². The average Bonchev–Trinajstić information content (AvgIpc) is 2.12. The first-order chi connectivity index (χ1) is 5.65. The first-order valence-electron chi connectivity index (χ1n) is 4.40. The molecule has 0 aromatic heterocycles. The predicted molar refractivity (Wildman–Crippen MR) is 47.7 cm³/mol. The van der Waals surface area contributed by atoms with E-state index in [0.717, 1.165) is 12.7 Å². The van der Waals surface area contributed by atoms with Gasteiger partial charge in [-0.2, -0.15) is 0 Å². The minimum absolute atomic E-state index is 0.0626. The molecule has 0 spiro atoms. The fourth-order valence-corrected chi connectivity index (χ4v) is 0.852. The number of hydrogen-bond acceptors (Lipinski definition) is 2. The van der Waals surface area contributed by atoms with E-state index in [1.807, 2.05) is 13.8 Å². The molecule has 12 heavy (non-hydrogen) atoms. The highest BCUT2D eigenvalue weighted by molar-refractivity contribution is 5.79. The van der Waals surface area contributed by atoms with Crippen molar-refractivity contribution in [2.75, 3.05) is 0 Å². The summed E-state index contributed by atoms with van der Waals surface area (Å²) in [6.07, 6.45) is 2.13. The second-order valence-electron chi connectivity index (χ2n) is 2.97. The van der Waals surface area contributed by atoms with Crippen LogP contribution in [0.15, 0.2) is 0 Å². The van der Waals surface area contributed by atoms with Crippen LogP contribution in [0.1, 0.15) is 33.6 Å². The molecule has 1 N–H and O–H groups in total. The zero-order chi connectivity index (χ0) is 9.56. The first-order valence-corrected chi connectivity index (χ1v) is 4.40. The van der Waals surface area contributed by atoms with E-state index in [0.29, 0.717) is 6.42 Å². The summed E-state index contributed by atoms with van der Waals surface area (Å²) in [5.74, 6) is 0.158. The van der Waals surface area contributed by atoms with Crippen molar-refractivity contribution in [2.24, 2.45) is 5.92 Å². The Kier molecular flexibility index (Phi) is 5.34. The molecule has 3 heteroatoms. The molecule has 0 rings (SSSR count). The molecule has 3 nitrogen and oxygen atoms in total. The second kappa shape index (κ2) is 5.75. The molecular formula is C9H17NO2. The number of aldehydes is 1. The van der Waals surface area contributed by atoms with Crippen molar-refractivity contribution in [3.05, 3.63) is 0 Å². The summed E-state index contributed by atoms with van der Waals surface area (Å²) in [5.41, 5.74) is 0. The van der Waals surface area contributed by atoms with Gasteiger partial charge in [0.15, 0.2) is 0 Å². The SMILES string of the molecule is CCC(=O)NC(C=O)C(C)CC. The lowest BCUT2D eigenvalue weighted by atomic mass is 10.0. The Morgan fingerprint density at radius 1 is 1.50 bits per heavy atom. The number of amides is 1. The van der Waals surface area contributed by atoms with Crippen molar-refractivity contribution in [3.8, 4) is 0 Å². The van der Waals surface area contributed by atoms with Crippen LogP contribution in [0, 0.1) is 5.92 Å². The maximum absolute atomic E-state index is 10.9. The standard InChI is InChI=1S/C9H17NO2/c1-4-7(3)8(6-11)10-9(12)5-2/h6-8H,4-5H2,1-3H3,(H,10,12). The van der Waals surface area contributed by atoms with Gasteiger partial charge >= 0.3 is 0 Å². The van der Waals surface area contributed by atoms with E-state index in [1.165, 1.54) is 0 Å². The van der Waals surface area contributed by atoms with Gasteiger partial charge < -0.3 is 10.1 Å². The maximum atomic E-state index is 10.9. The lowest BCUT2D eigenvalue weighted by Gasteiger charge is -2.17. The van der Waals surface area contributed by atoms with Crippen LogP contribution in [0.5, 0.6) is 0 Å². The first kappa shape index (κ1) is 11.1. The highest BCUT2D eigenvalue weighted by atomic mass is 16.2. The Bertz CT molecular complexity index is 157. The van der Waals surface area contributed by atoms with Gasteiger partial charge in [-0.3, -0.25) is 4.79 Å². The highest BCUT2D eigenvalue weighted by Crippen LogP contribution is 2.05. The smallest absolute Gasteiger partial charge is 0.220 e. The number of carbonyl (C=O) groups is 2. The third-order valence-electron chi connectivity index (χ3n) is 2.05. The molecule has 0 aromatic carbocycles. The number of rotatable bonds is 5. The maximum Gasteiger partial charge on any atom is 0.220 e. The van der Waals surface area contributed by atoms with E-state index >= 15 is 0 Å². The van der Waals surface area contributed by atoms with Crippen LogP contribution in [-0.4, -0.2) is 18.2 Å². The third-order valence-corrected chi connectivity index (χ3v) is 2.05. The summed E-state index contributed by atoms with van der Waals surface area (Å²) in [5, 5.41) is 2.66. The molecular weight excluding hydrogens is 154 g/mol. The molecule has 70 valence electrons. The van der Waals surface area contributed by atoms with Crippen molar-refractivity contribution >= 4 is 12.2 Å². The Morgan fingerprint density at radius 2 is 2.08 bits per heavy atom. The topological polar surface area (TPSA) is 46.2 Å². The van der Waals surface area contributed by atoms with Crippen molar-refractivity contribution in [1.82, 2.24) is 5.32 Å². The minimum atomic E-state index is -0.317. The van der Waals surface area contributed by atoms with E-state index < -0.39 is 0 Å². The number of carbonyl (C=O) groups excluding carboxylic acids is 2. The lowest BCUT2D eigenvalue weighted by molar-refractivity contribution is -0.124. The number of nitrogens with one attached hydrogen (secondary N) is 1. The summed E-state index contributed by atoms with van der Waals surface area (Å²) in [6.45, 7) is 5.72. The van der Waals surface area contributed by atoms with Gasteiger partial charge in [-0.15, -0.1) is 0 Å². The molecule has 0 bridgehead atoms. The zero-order valence-corrected chi connectivity index (χ0v) is 7.96. The van der Waals surface area contributed by atoms with Crippen molar-refractivity contribution in [3.63, 3.8) is 0 Å². The largest absolute Gasteiger partial charge is 0.346 e. The molecule has 2 unspecified atom stereocenters. The van der Waals surface area contributed by atoms with Crippen LogP contribution >= 0.6 is 0 Å². The van der Waals surface area contributed by atoms with Crippen LogP contribution in [0.2, 0.25) is 0 Å². The molecule has 0 heterocycles. The van der Waals surface area contributed by atoms with Crippen molar-refractivity contribution in [1.29, 1.82) is 0 Å². The Morgan fingerprint density at radius 3 is 2.42 bits per heavy atom. The molecule has 0 fully saturated rings. The Balaban J connectivity index is 3.98. The summed E-state index contributed by atoms with van der Waals surface area (Å²) >= 11 is 0. The minimum Gasteiger partial charge on any atom is -0.346 e. The van der Waals surface area contributed by atoms with Crippen LogP contribution in [0.25, 0.3) is 0 Å². The van der Waals surface area contributed by atoms with Crippen LogP contribution in [0.3, 0.4) is 0 Å². The molecule has 0 aliphatic carbocycles. The van der Waals surface area contributed by atoms with E-state index in [1.54, 1.807) is 6.92 Å². The molecule has 0 saturated heterocycles.